The molecule has 30 heavy (non-hydrogen) atoms. The number of para-hydroxylation sites is 2. The third kappa shape index (κ3) is 5.81. The van der Waals surface area contributed by atoms with Gasteiger partial charge in [-0.25, -0.2) is 9.78 Å². The summed E-state index contributed by atoms with van der Waals surface area (Å²) in [5.74, 6) is 0.370. The maximum atomic E-state index is 12.5. The lowest BCUT2D eigenvalue weighted by atomic mass is 10.1. The first-order chi connectivity index (χ1) is 14.6. The smallest absolute Gasteiger partial charge is 0.325 e. The number of nitrogens with zero attached hydrogens (tertiary/aromatic N) is 1. The summed E-state index contributed by atoms with van der Waals surface area (Å²) in [6, 6.07) is 16.8. The Labute approximate surface area is 179 Å². The molecule has 0 radical (unpaired) electrons. The van der Waals surface area contributed by atoms with E-state index in [1.165, 1.54) is 12.7 Å². The van der Waals surface area contributed by atoms with Gasteiger partial charge in [-0.3, -0.25) is 10.1 Å². The molecule has 0 aliphatic carbocycles. The molecular weight excluding hydrogens is 400 g/mol. The maximum Gasteiger partial charge on any atom is 0.325 e. The van der Waals surface area contributed by atoms with Gasteiger partial charge in [0.15, 0.2) is 5.13 Å². The van der Waals surface area contributed by atoms with Gasteiger partial charge in [0.2, 0.25) is 0 Å². The number of carbonyl (C=O) groups is 2. The van der Waals surface area contributed by atoms with Gasteiger partial charge in [-0.15, -0.1) is 0 Å². The van der Waals surface area contributed by atoms with Gasteiger partial charge in [-0.05, 0) is 37.5 Å². The number of thiazole rings is 1. The van der Waals surface area contributed by atoms with Crippen LogP contribution in [0.3, 0.4) is 0 Å². The number of ether oxygens (including phenoxy) is 1. The Morgan fingerprint density at radius 1 is 1.03 bits per heavy atom. The van der Waals surface area contributed by atoms with Crippen LogP contribution < -0.4 is 20.7 Å². The molecule has 0 unspecified atom stereocenters. The molecule has 7 nitrogen and oxygen atoms in total. The average molecular weight is 425 g/mol. The van der Waals surface area contributed by atoms with Crippen LogP contribution in [0, 0.1) is 6.92 Å². The second kappa shape index (κ2) is 10.4. The molecule has 3 rings (SSSR count). The van der Waals surface area contributed by atoms with E-state index in [0.29, 0.717) is 33.7 Å². The number of nitrogens with one attached hydrogen (secondary N) is 3. The summed E-state index contributed by atoms with van der Waals surface area (Å²) in [6.07, 6.45) is 1.75. The van der Waals surface area contributed by atoms with E-state index in [1.54, 1.807) is 25.1 Å². The fourth-order valence-electron chi connectivity index (χ4n) is 2.88. The molecule has 156 valence electrons. The highest BCUT2D eigenvalue weighted by molar-refractivity contribution is 7.17. The van der Waals surface area contributed by atoms with Crippen LogP contribution in [0.25, 0.3) is 0 Å². The predicted octanol–water partition coefficient (Wildman–Crippen LogP) is 4.47. The SMILES string of the molecule is COc1ccccc1NC(=O)Nc1nc(C)c(C(=O)NCCCc2ccccc2)s1. The summed E-state index contributed by atoms with van der Waals surface area (Å²) < 4.78 is 5.22. The molecule has 3 amide bonds. The number of hydrogen-bond acceptors (Lipinski definition) is 5. The van der Waals surface area contributed by atoms with Gasteiger partial charge in [0.1, 0.15) is 10.6 Å². The van der Waals surface area contributed by atoms with Gasteiger partial charge in [-0.2, -0.15) is 0 Å². The summed E-state index contributed by atoms with van der Waals surface area (Å²) >= 11 is 1.14. The van der Waals surface area contributed by atoms with Crippen LogP contribution in [0.1, 0.15) is 27.3 Å². The third-order valence-corrected chi connectivity index (χ3v) is 5.42. The third-order valence-electron chi connectivity index (χ3n) is 4.35. The van der Waals surface area contributed by atoms with Crippen molar-refractivity contribution < 1.29 is 14.3 Å². The van der Waals surface area contributed by atoms with Crippen LogP contribution in [0.15, 0.2) is 54.6 Å². The highest BCUT2D eigenvalue weighted by Crippen LogP contribution is 2.25. The molecule has 1 heterocycles. The van der Waals surface area contributed by atoms with E-state index >= 15 is 0 Å². The molecule has 0 aliphatic rings. The summed E-state index contributed by atoms with van der Waals surface area (Å²) in [4.78, 5) is 29.5. The Bertz CT molecular complexity index is 1000. The number of aromatic nitrogens is 1. The largest absolute Gasteiger partial charge is 0.495 e. The molecule has 3 N–H and O–H groups in total. The highest BCUT2D eigenvalue weighted by Gasteiger charge is 2.16. The van der Waals surface area contributed by atoms with Crippen molar-refractivity contribution in [1.29, 1.82) is 0 Å². The van der Waals surface area contributed by atoms with Crippen molar-refractivity contribution in [3.8, 4) is 5.75 Å². The number of rotatable bonds is 8. The lowest BCUT2D eigenvalue weighted by Crippen LogP contribution is -2.24. The van der Waals surface area contributed by atoms with Crippen molar-refractivity contribution in [3.63, 3.8) is 0 Å². The van der Waals surface area contributed by atoms with Gasteiger partial charge in [-0.1, -0.05) is 53.8 Å². The number of hydrogen-bond donors (Lipinski definition) is 3. The molecule has 0 atom stereocenters. The van der Waals surface area contributed by atoms with Gasteiger partial charge < -0.3 is 15.4 Å². The second-order valence-electron chi connectivity index (χ2n) is 6.56. The topological polar surface area (TPSA) is 92.3 Å². The lowest BCUT2D eigenvalue weighted by Gasteiger charge is -2.09. The van der Waals surface area contributed by atoms with Crippen LogP contribution in [-0.4, -0.2) is 30.6 Å². The molecule has 0 aliphatic heterocycles. The summed E-state index contributed by atoms with van der Waals surface area (Å²) in [5, 5.41) is 8.66. The summed E-state index contributed by atoms with van der Waals surface area (Å²) in [6.45, 7) is 2.32. The van der Waals surface area contributed by atoms with Crippen LogP contribution >= 0.6 is 11.3 Å². The number of aryl methyl sites for hydroxylation is 2. The van der Waals surface area contributed by atoms with Crippen molar-refractivity contribution >= 4 is 34.1 Å². The number of urea groups is 1. The van der Waals surface area contributed by atoms with Gasteiger partial charge in [0, 0.05) is 6.54 Å². The Hall–Kier alpha value is -3.39. The first-order valence-electron chi connectivity index (χ1n) is 9.57. The fraction of sp³-hybridized carbons (Fsp3) is 0.227. The normalized spacial score (nSPS) is 10.3. The maximum absolute atomic E-state index is 12.5. The minimum Gasteiger partial charge on any atom is -0.495 e. The van der Waals surface area contributed by atoms with E-state index in [2.05, 4.69) is 33.1 Å². The number of carbonyl (C=O) groups excluding carboxylic acids is 2. The monoisotopic (exact) mass is 424 g/mol. The Morgan fingerprint density at radius 2 is 1.77 bits per heavy atom. The molecule has 1 aromatic heterocycles. The van der Waals surface area contributed by atoms with Crippen LogP contribution in [0.2, 0.25) is 0 Å². The molecule has 0 bridgehead atoms. The molecule has 0 spiro atoms. The predicted molar refractivity (Wildman–Crippen MR) is 120 cm³/mol. The van der Waals surface area contributed by atoms with Crippen molar-refractivity contribution in [1.82, 2.24) is 10.3 Å². The Kier molecular flexibility index (Phi) is 7.40. The van der Waals surface area contributed by atoms with Gasteiger partial charge >= 0.3 is 6.03 Å². The van der Waals surface area contributed by atoms with E-state index in [9.17, 15) is 9.59 Å². The molecule has 0 fully saturated rings. The summed E-state index contributed by atoms with van der Waals surface area (Å²) in [7, 11) is 1.54. The van der Waals surface area contributed by atoms with Gasteiger partial charge in [0.25, 0.3) is 5.91 Å². The minimum absolute atomic E-state index is 0.184. The van der Waals surface area contributed by atoms with Crippen LogP contribution in [0.5, 0.6) is 5.75 Å². The van der Waals surface area contributed by atoms with Crippen molar-refractivity contribution in [2.75, 3.05) is 24.3 Å². The number of methoxy groups -OCH3 is 1. The van der Waals surface area contributed by atoms with E-state index in [4.69, 9.17) is 4.74 Å². The van der Waals surface area contributed by atoms with E-state index < -0.39 is 6.03 Å². The molecule has 0 saturated heterocycles. The van der Waals surface area contributed by atoms with Crippen molar-refractivity contribution in [2.24, 2.45) is 0 Å². The molecule has 2 aromatic carbocycles. The first kappa shape index (κ1) is 21.3. The van der Waals surface area contributed by atoms with E-state index in [1.807, 2.05) is 24.3 Å². The lowest BCUT2D eigenvalue weighted by molar-refractivity contribution is 0.0956. The second-order valence-corrected chi connectivity index (χ2v) is 7.56. The van der Waals surface area contributed by atoms with E-state index in [-0.39, 0.29) is 5.91 Å². The Balaban J connectivity index is 1.51. The summed E-state index contributed by atoms with van der Waals surface area (Å²) in [5.41, 5.74) is 2.36. The van der Waals surface area contributed by atoms with Crippen LogP contribution in [-0.2, 0) is 6.42 Å². The molecule has 0 saturated carbocycles. The van der Waals surface area contributed by atoms with Crippen molar-refractivity contribution in [2.45, 2.75) is 19.8 Å². The minimum atomic E-state index is -0.455. The quantitative estimate of drug-likeness (QED) is 0.465. The highest BCUT2D eigenvalue weighted by atomic mass is 32.1. The molecule has 3 aromatic rings. The van der Waals surface area contributed by atoms with Gasteiger partial charge in [0.05, 0.1) is 18.5 Å². The first-order valence-corrected chi connectivity index (χ1v) is 10.4. The average Bonchev–Trinajstić information content (AvgIpc) is 3.12. The molecular formula is C22H24N4O3S. The number of amides is 3. The zero-order valence-electron chi connectivity index (χ0n) is 16.9. The standard InChI is InChI=1S/C22H24N4O3S/c1-15-19(20(27)23-14-8-11-16-9-4-3-5-10-16)30-22(24-15)26-21(28)25-17-12-6-7-13-18(17)29-2/h3-7,9-10,12-13H,8,11,14H2,1-2H3,(H,23,27)(H2,24,25,26,28). The Morgan fingerprint density at radius 3 is 2.53 bits per heavy atom. The zero-order chi connectivity index (χ0) is 21.3. The zero-order valence-corrected chi connectivity index (χ0v) is 17.7. The van der Waals surface area contributed by atoms with E-state index in [0.717, 1.165) is 24.2 Å². The number of benzene rings is 2. The molecule has 8 heteroatoms. The number of anilines is 2. The fourth-order valence-corrected chi connectivity index (χ4v) is 3.76. The van der Waals surface area contributed by atoms with Crippen molar-refractivity contribution in [3.05, 3.63) is 70.7 Å². The van der Waals surface area contributed by atoms with Crippen LogP contribution in [0.4, 0.5) is 15.6 Å².